The predicted molar refractivity (Wildman–Crippen MR) is 497 cm³/mol. The third kappa shape index (κ3) is 22.2. The highest BCUT2D eigenvalue weighted by atomic mass is 127. The molecule has 0 bridgehead atoms. The second kappa shape index (κ2) is 40.4. The molecule has 4 aliphatic heterocycles. The minimum absolute atomic E-state index is 0. The summed E-state index contributed by atoms with van der Waals surface area (Å²) in [6, 6.07) is 42.2. The topological polar surface area (TPSA) is 253 Å². The Morgan fingerprint density at radius 3 is 1.24 bits per heavy atom. The Hall–Kier alpha value is -9.48. The fourth-order valence-corrected chi connectivity index (χ4v) is 17.3. The second-order valence-electron chi connectivity index (χ2n) is 33.7. The smallest absolute Gasteiger partial charge is 0.462 e. The third-order valence-corrected chi connectivity index (χ3v) is 24.7. The minimum atomic E-state index is -0.504. The van der Waals surface area contributed by atoms with Gasteiger partial charge >= 0.3 is 13.2 Å². The first-order valence-corrected chi connectivity index (χ1v) is 44.0. The number of carbonyl (C=O) groups is 2. The van der Waals surface area contributed by atoms with Crippen molar-refractivity contribution in [2.24, 2.45) is 0 Å². The largest absolute Gasteiger partial charge is 0.516 e. The zero-order valence-electron chi connectivity index (χ0n) is 70.4. The lowest BCUT2D eigenvalue weighted by Gasteiger charge is -2.33. The molecule has 0 spiro atoms. The number of piperidine rings is 3. The first kappa shape index (κ1) is 90.3. The number of pyridine rings is 4. The Kier molecular flexibility index (Phi) is 29.9. The average Bonchev–Trinajstić information content (AvgIpc) is 1.65. The van der Waals surface area contributed by atoms with Crippen LogP contribution in [0.25, 0.3) is 78.3 Å². The minimum Gasteiger partial charge on any atom is -0.462 e. The van der Waals surface area contributed by atoms with Gasteiger partial charge in [0.2, 0.25) is 0 Å². The van der Waals surface area contributed by atoms with Gasteiger partial charge in [0.1, 0.15) is 21.5 Å². The Bertz CT molecular complexity index is 5650. The van der Waals surface area contributed by atoms with Gasteiger partial charge in [0.05, 0.1) is 99.0 Å². The van der Waals surface area contributed by atoms with Gasteiger partial charge in [-0.05, 0) is 225 Å². The van der Waals surface area contributed by atoms with Crippen LogP contribution in [0.2, 0.25) is 10.3 Å². The summed E-state index contributed by atoms with van der Waals surface area (Å²) in [7, 11) is -0.504. The average molecular weight is 1870 g/mol. The van der Waals surface area contributed by atoms with Crippen LogP contribution in [0.3, 0.4) is 0 Å². The number of carbonyl (C=O) groups excluding carboxylic acids is 2. The number of rotatable bonds is 7. The molecule has 122 heavy (non-hydrogen) atoms. The number of aromatic nitrogens is 12. The van der Waals surface area contributed by atoms with Crippen LogP contribution in [-0.2, 0) is 49.3 Å². The van der Waals surface area contributed by atoms with Gasteiger partial charge in [0, 0.05) is 141 Å². The van der Waals surface area contributed by atoms with Gasteiger partial charge < -0.3 is 34.3 Å². The van der Waals surface area contributed by atoms with Crippen LogP contribution < -0.4 is 16.2 Å². The summed E-state index contributed by atoms with van der Waals surface area (Å²) < 4.78 is 23.0. The summed E-state index contributed by atoms with van der Waals surface area (Å²) in [6.45, 7) is 25.4. The summed E-state index contributed by atoms with van der Waals surface area (Å²) >= 11 is 17.7. The number of fused-ring (bicyclic) bond motifs is 12. The number of hydrogen-bond acceptors (Lipinski definition) is 20. The first-order chi connectivity index (χ1) is 58.2. The molecule has 4 saturated heterocycles. The fraction of sp³-hybridized carbons (Fsp3) is 0.347. The van der Waals surface area contributed by atoms with Crippen LogP contribution in [0, 0.1) is 3.57 Å². The molecule has 27 heteroatoms. The number of nitrogens with one attached hydrogen (secondary N) is 2. The van der Waals surface area contributed by atoms with Crippen LogP contribution in [0.4, 0.5) is 4.79 Å². The van der Waals surface area contributed by atoms with Gasteiger partial charge in [0.25, 0.3) is 6.47 Å². The molecule has 4 aliphatic carbocycles. The number of amides is 1. The van der Waals surface area contributed by atoms with E-state index in [2.05, 4.69) is 207 Å². The molecule has 4 fully saturated rings. The lowest BCUT2D eigenvalue weighted by atomic mass is 9.85. The van der Waals surface area contributed by atoms with E-state index in [1.807, 2.05) is 137 Å². The maximum absolute atomic E-state index is 12.4. The van der Waals surface area contributed by atoms with E-state index in [1.165, 1.54) is 103 Å². The molecule has 0 unspecified atom stereocenters. The molecule has 4 aromatic carbocycles. The Labute approximate surface area is 753 Å². The molecule has 2 N–H and O–H groups in total. The maximum Gasteiger partial charge on any atom is 0.516 e. The molecule has 12 aromatic rings. The van der Waals surface area contributed by atoms with Gasteiger partial charge in [-0.3, -0.25) is 44.7 Å². The lowest BCUT2D eigenvalue weighted by molar-refractivity contribution is -0.138. The number of ether oxygens (including phenoxy) is 2. The van der Waals surface area contributed by atoms with E-state index in [4.69, 9.17) is 47.2 Å². The second-order valence-corrected chi connectivity index (χ2v) is 37.0. The monoisotopic (exact) mass is 1870 g/mol. The van der Waals surface area contributed by atoms with E-state index in [0.29, 0.717) is 41.4 Å². The van der Waals surface area contributed by atoms with E-state index in [0.717, 1.165) is 137 Å². The fourth-order valence-electron chi connectivity index (χ4n) is 15.8. The van der Waals surface area contributed by atoms with Crippen molar-refractivity contribution in [3.63, 3.8) is 0 Å². The van der Waals surface area contributed by atoms with Crippen LogP contribution in [0.1, 0.15) is 176 Å². The molecule has 0 atom stereocenters. The first-order valence-electron chi connectivity index (χ1n) is 41.3. The number of halogens is 5. The number of alkyl halides is 1. The summed E-state index contributed by atoms with van der Waals surface area (Å²) in [6.07, 6.45) is 31.3. The zero-order chi connectivity index (χ0) is 85.0. The molecular weight excluding hydrogens is 1770 g/mol. The van der Waals surface area contributed by atoms with Gasteiger partial charge in [-0.2, -0.15) is 0 Å². The van der Waals surface area contributed by atoms with Crippen molar-refractivity contribution in [3.8, 4) is 78.3 Å². The maximum atomic E-state index is 12.4. The number of benzene rings is 4. The molecule has 0 radical (unpaired) electrons. The number of hydrogen-bond donors (Lipinski definition) is 2. The highest BCUT2D eigenvalue weighted by Gasteiger charge is 2.52. The Morgan fingerprint density at radius 2 is 0.852 bits per heavy atom. The summed E-state index contributed by atoms with van der Waals surface area (Å²) in [5.41, 5.74) is 27.0. The summed E-state index contributed by atoms with van der Waals surface area (Å²) in [5, 5.41) is 7.45. The van der Waals surface area contributed by atoms with Gasteiger partial charge in [-0.15, -0.1) is 12.4 Å². The normalized spacial score (nSPS) is 16.0. The molecule has 21 nitrogen and oxygen atoms in total. The van der Waals surface area contributed by atoms with E-state index in [-0.39, 0.29) is 41.2 Å². The van der Waals surface area contributed by atoms with Gasteiger partial charge in [0.15, 0.2) is 0 Å². The lowest BCUT2D eigenvalue weighted by Crippen LogP contribution is -2.41. The molecule has 630 valence electrons. The van der Waals surface area contributed by atoms with E-state index in [9.17, 15) is 9.59 Å². The molecule has 1 amide bonds. The molecule has 12 heterocycles. The number of nitrogens with zero attached hydrogens (tertiary/aromatic N) is 13. The van der Waals surface area contributed by atoms with Crippen molar-refractivity contribution >= 4 is 99.4 Å². The van der Waals surface area contributed by atoms with Crippen molar-refractivity contribution in [1.82, 2.24) is 75.3 Å². The number of likely N-dealkylation sites (tertiary alicyclic amines) is 1. The van der Waals surface area contributed by atoms with Crippen LogP contribution in [0.5, 0.6) is 0 Å². The SMILES string of the molecule is BrC1CCNCC1.CC(C)(C)OC(=O)N1CCC(c2cncc(-c3ccnc4c3-c3ccccc3C4)n2)CC1.CC(C)(C)OC=O.CC1(C)OB(c2cncc(Cl)n2)OC1(C)C.Cl.Clc1cncc(-c2ccnc3c2-c2ccccc2C3)n1.Ic1ccnc2c1-c1ccccc1C2.c1ccc2c(c1)Cc1nccc(-c3cncc(C4CCNCC4)n3)c1-2. The van der Waals surface area contributed by atoms with Crippen LogP contribution >= 0.6 is 74.1 Å². The van der Waals surface area contributed by atoms with E-state index >= 15 is 0 Å². The van der Waals surface area contributed by atoms with E-state index < -0.39 is 12.7 Å². The van der Waals surface area contributed by atoms with Crippen molar-refractivity contribution in [3.05, 3.63) is 266 Å². The van der Waals surface area contributed by atoms with Crippen molar-refractivity contribution in [1.29, 1.82) is 0 Å². The molecular formula is C95H101BBrCl3IN15O6. The summed E-state index contributed by atoms with van der Waals surface area (Å²) in [4.78, 5) is 78.4. The van der Waals surface area contributed by atoms with Crippen LogP contribution in [0.15, 0.2) is 196 Å². The zero-order valence-corrected chi connectivity index (χ0v) is 76.4. The van der Waals surface area contributed by atoms with Gasteiger partial charge in [-0.25, -0.2) is 24.7 Å². The standard InChI is InChI=1S/C26H28N4O2.C21H20N4.C16H10ClN3.C12H8IN.C10H14BClN2O2.C5H10BrN.C5H10O2.ClH/c1-26(2,3)32-25(31)30-12-9-17(10-13-30)22-15-27-16-23(29-22)20-8-11-28-21-14-18-6-4-5-7-19(18)24(20)21;1-2-4-16-15(3-1)11-18-21(16)17(7-10-24-18)20-13-23-12-19(25-20)14-5-8-22-9-6-14;17-15-9-18-8-14(20-15)12-5-6-19-13-7-10-3-1-2-4-11(10)16(12)13;13-10-5-6-14-11-7-8-3-1-2-4-9(8)12(10)11;1-9(2)10(3,4)16-11(15-9)7-5-13-6-8(12)14-7;6-5-1-3-7-4-2-5;1-5(2,3)7-4-6;/h4-8,11,15-17H,9-10,12-14H2,1-3H3;1-4,7,10,12-14,22H,5-6,8-9,11H2;1-6,8-9H,7H2;1-6H,7H2;5-6H,1-4H3;5,7H,1-4H2;4H,1-3H3;1H. The molecule has 0 saturated carbocycles. The van der Waals surface area contributed by atoms with Crippen molar-refractivity contribution in [2.75, 3.05) is 39.3 Å². The molecule has 8 aromatic heterocycles. The van der Waals surface area contributed by atoms with Crippen LogP contribution in [-0.4, -0.2) is 151 Å². The quantitative estimate of drug-likeness (QED) is 0.0651. The highest BCUT2D eigenvalue weighted by Crippen LogP contribution is 2.46. The van der Waals surface area contributed by atoms with Crippen molar-refractivity contribution < 1.29 is 28.4 Å². The Balaban J connectivity index is 0.000000129. The highest BCUT2D eigenvalue weighted by molar-refractivity contribution is 14.1. The van der Waals surface area contributed by atoms with Gasteiger partial charge in [-0.1, -0.05) is 136 Å². The molecule has 8 aliphatic rings. The van der Waals surface area contributed by atoms with Crippen molar-refractivity contribution in [2.45, 2.75) is 173 Å². The molecule has 20 rings (SSSR count). The van der Waals surface area contributed by atoms with E-state index in [1.54, 1.807) is 23.5 Å². The predicted octanol–water partition coefficient (Wildman–Crippen LogP) is 19.8. The Morgan fingerprint density at radius 1 is 0.484 bits per heavy atom. The summed E-state index contributed by atoms with van der Waals surface area (Å²) in [5.74, 6) is 0.791. The third-order valence-electron chi connectivity index (χ3n) is 22.5.